The Labute approximate surface area is 174 Å². The Balaban J connectivity index is 1.65. The van der Waals surface area contributed by atoms with Crippen LogP contribution in [-0.2, 0) is 11.3 Å². The van der Waals surface area contributed by atoms with Crippen molar-refractivity contribution in [3.05, 3.63) is 53.1 Å². The lowest BCUT2D eigenvalue weighted by Gasteiger charge is -2.24. The van der Waals surface area contributed by atoms with Gasteiger partial charge in [0.1, 0.15) is 36.1 Å². The fourth-order valence-electron chi connectivity index (χ4n) is 4.17. The summed E-state index contributed by atoms with van der Waals surface area (Å²) in [5.41, 5.74) is 7.80. The Morgan fingerprint density at radius 1 is 1.13 bits per heavy atom. The van der Waals surface area contributed by atoms with Crippen LogP contribution in [0.2, 0.25) is 0 Å². The molecule has 2 aromatic rings. The molecular formula is C23H23NO6. The van der Waals surface area contributed by atoms with Crippen molar-refractivity contribution in [2.45, 2.75) is 25.6 Å². The smallest absolute Gasteiger partial charge is 0.164 e. The molecule has 0 saturated heterocycles. The zero-order valence-corrected chi connectivity index (χ0v) is 17.1. The number of hydroxylamine groups is 1. The van der Waals surface area contributed by atoms with Crippen LogP contribution in [0.5, 0.6) is 28.7 Å². The van der Waals surface area contributed by atoms with E-state index in [4.69, 9.17) is 23.8 Å². The van der Waals surface area contributed by atoms with Crippen LogP contribution >= 0.6 is 0 Å². The first-order valence-electron chi connectivity index (χ1n) is 9.74. The average molecular weight is 409 g/mol. The van der Waals surface area contributed by atoms with Crippen LogP contribution in [0.15, 0.2) is 36.4 Å². The van der Waals surface area contributed by atoms with Gasteiger partial charge in [-0.15, -0.1) is 0 Å². The summed E-state index contributed by atoms with van der Waals surface area (Å²) in [5.74, 6) is 2.73. The van der Waals surface area contributed by atoms with Crippen LogP contribution in [0.25, 0.3) is 11.3 Å². The topological polar surface area (TPSA) is 78.4 Å². The zero-order chi connectivity index (χ0) is 21.0. The first kappa shape index (κ1) is 18.7. The van der Waals surface area contributed by atoms with E-state index in [1.54, 1.807) is 20.3 Å². The fraction of sp³-hybridized carbons (Fsp3) is 0.304. The maximum absolute atomic E-state index is 11.1. The SMILES string of the molecule is C=C(C)[C@H]1Cc2c(ccc(C3=C4c5cc(OC)c(OC)cc5OCC4ON3)c2O)O1. The third-order valence-corrected chi connectivity index (χ3v) is 5.78. The Kier molecular flexibility index (Phi) is 4.29. The molecule has 0 bridgehead atoms. The Bertz CT molecular complexity index is 1090. The summed E-state index contributed by atoms with van der Waals surface area (Å²) in [7, 11) is 3.18. The number of phenolic OH excluding ortho intramolecular Hbond substituents is 1. The summed E-state index contributed by atoms with van der Waals surface area (Å²) >= 11 is 0. The number of ether oxygens (including phenoxy) is 4. The Morgan fingerprint density at radius 3 is 2.63 bits per heavy atom. The Hall–Kier alpha value is -3.32. The summed E-state index contributed by atoms with van der Waals surface area (Å²) in [6, 6.07) is 7.40. The van der Waals surface area contributed by atoms with E-state index in [0.29, 0.717) is 47.3 Å². The van der Waals surface area contributed by atoms with E-state index in [1.807, 2.05) is 25.1 Å². The van der Waals surface area contributed by atoms with Crippen molar-refractivity contribution in [3.63, 3.8) is 0 Å². The quantitative estimate of drug-likeness (QED) is 0.749. The molecule has 0 radical (unpaired) electrons. The molecule has 2 aromatic carbocycles. The second-order valence-corrected chi connectivity index (χ2v) is 7.61. The molecule has 0 fully saturated rings. The van der Waals surface area contributed by atoms with Gasteiger partial charge in [0.25, 0.3) is 0 Å². The Morgan fingerprint density at radius 2 is 1.90 bits per heavy atom. The standard InChI is InChI=1S/C23H23NO6/c1-11(2)16-8-14-15(29-16)6-5-12(23(14)25)22-21-13-7-18(26-3)19(27-4)9-17(13)28-10-20(21)30-24-22/h5-7,9,16,20,24-25H,1,8,10H2,2-4H3/t16-,20?/m1/s1. The molecule has 0 spiro atoms. The molecule has 0 saturated carbocycles. The minimum absolute atomic E-state index is 0.125. The van der Waals surface area contributed by atoms with Crippen LogP contribution in [0.3, 0.4) is 0 Å². The van der Waals surface area contributed by atoms with Crippen LogP contribution < -0.4 is 24.4 Å². The summed E-state index contributed by atoms with van der Waals surface area (Å²) in [6.45, 7) is 6.25. The third kappa shape index (κ3) is 2.69. The number of aromatic hydroxyl groups is 1. The van der Waals surface area contributed by atoms with Crippen LogP contribution in [-0.4, -0.2) is 38.1 Å². The number of hydrogen-bond acceptors (Lipinski definition) is 7. The number of benzene rings is 2. The predicted octanol–water partition coefficient (Wildman–Crippen LogP) is 3.45. The number of hydrogen-bond donors (Lipinski definition) is 2. The monoisotopic (exact) mass is 409 g/mol. The number of rotatable bonds is 4. The molecule has 30 heavy (non-hydrogen) atoms. The molecule has 3 aliphatic heterocycles. The molecule has 5 rings (SSSR count). The third-order valence-electron chi connectivity index (χ3n) is 5.78. The number of phenols is 1. The van der Waals surface area contributed by atoms with Crippen molar-refractivity contribution in [1.29, 1.82) is 0 Å². The normalized spacial score (nSPS) is 21.0. The van der Waals surface area contributed by atoms with Gasteiger partial charge in [0.15, 0.2) is 11.5 Å². The van der Waals surface area contributed by atoms with Gasteiger partial charge in [-0.25, -0.2) is 0 Å². The fourth-order valence-corrected chi connectivity index (χ4v) is 4.17. The summed E-state index contributed by atoms with van der Waals surface area (Å²) in [6.07, 6.45) is 0.152. The van der Waals surface area contributed by atoms with Gasteiger partial charge in [-0.1, -0.05) is 6.58 Å². The second kappa shape index (κ2) is 6.88. The molecule has 0 aliphatic carbocycles. The highest BCUT2D eigenvalue weighted by atomic mass is 16.7. The van der Waals surface area contributed by atoms with Crippen molar-refractivity contribution < 1.29 is 28.9 Å². The van der Waals surface area contributed by atoms with Crippen LogP contribution in [0.1, 0.15) is 23.6 Å². The van der Waals surface area contributed by atoms with Crippen LogP contribution in [0.4, 0.5) is 0 Å². The average Bonchev–Trinajstić information content (AvgIpc) is 3.38. The van der Waals surface area contributed by atoms with E-state index in [2.05, 4.69) is 12.1 Å². The second-order valence-electron chi connectivity index (χ2n) is 7.61. The highest BCUT2D eigenvalue weighted by Gasteiger charge is 2.38. The molecule has 156 valence electrons. The van der Waals surface area contributed by atoms with Gasteiger partial charge in [-0.3, -0.25) is 10.3 Å². The molecule has 0 amide bonds. The van der Waals surface area contributed by atoms with Gasteiger partial charge in [0, 0.05) is 34.8 Å². The van der Waals surface area contributed by atoms with Gasteiger partial charge in [0.2, 0.25) is 0 Å². The molecule has 2 N–H and O–H groups in total. The molecule has 7 nitrogen and oxygen atoms in total. The molecule has 7 heteroatoms. The maximum atomic E-state index is 11.1. The van der Waals surface area contributed by atoms with E-state index in [0.717, 1.165) is 22.3 Å². The molecule has 3 heterocycles. The van der Waals surface area contributed by atoms with E-state index in [1.165, 1.54) is 0 Å². The molecule has 3 aliphatic rings. The lowest BCUT2D eigenvalue weighted by atomic mass is 9.92. The minimum atomic E-state index is -0.308. The highest BCUT2D eigenvalue weighted by molar-refractivity contribution is 5.97. The lowest BCUT2D eigenvalue weighted by molar-refractivity contribution is 0.0236. The first-order chi connectivity index (χ1) is 14.5. The van der Waals surface area contributed by atoms with Gasteiger partial charge in [0.05, 0.1) is 19.9 Å². The molecule has 0 aromatic heterocycles. The van der Waals surface area contributed by atoms with Crippen molar-refractivity contribution in [3.8, 4) is 28.7 Å². The highest BCUT2D eigenvalue weighted by Crippen LogP contribution is 2.48. The minimum Gasteiger partial charge on any atom is -0.507 e. The number of nitrogens with one attached hydrogen (secondary N) is 1. The van der Waals surface area contributed by atoms with E-state index >= 15 is 0 Å². The summed E-state index contributed by atoms with van der Waals surface area (Å²) < 4.78 is 22.7. The number of methoxy groups -OCH3 is 2. The van der Waals surface area contributed by atoms with Gasteiger partial charge >= 0.3 is 0 Å². The van der Waals surface area contributed by atoms with Crippen molar-refractivity contribution in [2.24, 2.45) is 0 Å². The van der Waals surface area contributed by atoms with Crippen molar-refractivity contribution in [1.82, 2.24) is 5.48 Å². The van der Waals surface area contributed by atoms with Gasteiger partial charge < -0.3 is 24.1 Å². The van der Waals surface area contributed by atoms with Gasteiger partial charge in [-0.05, 0) is 30.7 Å². The summed E-state index contributed by atoms with van der Waals surface area (Å²) in [5, 5.41) is 11.1. The van der Waals surface area contributed by atoms with Gasteiger partial charge in [-0.2, -0.15) is 0 Å². The van der Waals surface area contributed by atoms with Crippen molar-refractivity contribution >= 4 is 11.3 Å². The summed E-state index contributed by atoms with van der Waals surface area (Å²) in [4.78, 5) is 5.77. The van der Waals surface area contributed by atoms with E-state index in [-0.39, 0.29) is 18.0 Å². The van der Waals surface area contributed by atoms with Crippen molar-refractivity contribution in [2.75, 3.05) is 20.8 Å². The van der Waals surface area contributed by atoms with Crippen LogP contribution in [0, 0.1) is 0 Å². The molecule has 1 unspecified atom stereocenters. The maximum Gasteiger partial charge on any atom is 0.164 e. The van der Waals surface area contributed by atoms with E-state index < -0.39 is 0 Å². The molecule has 2 atom stereocenters. The van der Waals surface area contributed by atoms with E-state index in [9.17, 15) is 5.11 Å². The predicted molar refractivity (Wildman–Crippen MR) is 111 cm³/mol. The molecular weight excluding hydrogens is 386 g/mol. The lowest BCUT2D eigenvalue weighted by Crippen LogP contribution is -2.25. The first-order valence-corrected chi connectivity index (χ1v) is 9.74. The number of fused-ring (bicyclic) bond motifs is 4. The zero-order valence-electron chi connectivity index (χ0n) is 17.1. The largest absolute Gasteiger partial charge is 0.507 e.